The van der Waals surface area contributed by atoms with E-state index in [1.54, 1.807) is 30.3 Å². The molecular formula is C14H12BrClN2O2. The number of carbonyl (C=O) groups is 1. The molecule has 0 bridgehead atoms. The van der Waals surface area contributed by atoms with Gasteiger partial charge in [-0.3, -0.25) is 4.79 Å². The summed E-state index contributed by atoms with van der Waals surface area (Å²) >= 11 is 9.16. The van der Waals surface area contributed by atoms with Gasteiger partial charge in [-0.25, -0.2) is 4.98 Å². The monoisotopic (exact) mass is 354 g/mol. The second-order valence-electron chi connectivity index (χ2n) is 3.90. The number of carbonyl (C=O) groups excluding carboxylic acids is 1. The number of pyridine rings is 1. The molecule has 4 nitrogen and oxygen atoms in total. The van der Waals surface area contributed by atoms with Crippen LogP contribution in [0.2, 0.25) is 5.02 Å². The number of hydrogen-bond donors (Lipinski definition) is 1. The summed E-state index contributed by atoms with van der Waals surface area (Å²) in [6, 6.07) is 8.47. The van der Waals surface area contributed by atoms with Gasteiger partial charge in [-0.05, 0) is 53.2 Å². The zero-order valence-electron chi connectivity index (χ0n) is 10.7. The Hall–Kier alpha value is -1.59. The summed E-state index contributed by atoms with van der Waals surface area (Å²) in [4.78, 5) is 16.1. The Kier molecular flexibility index (Phi) is 4.98. The summed E-state index contributed by atoms with van der Waals surface area (Å²) in [6.07, 6.45) is 1.49. The van der Waals surface area contributed by atoms with Gasteiger partial charge in [0.2, 0.25) is 0 Å². The molecule has 0 spiro atoms. The lowest BCUT2D eigenvalue weighted by atomic mass is 10.2. The van der Waals surface area contributed by atoms with Crippen molar-refractivity contribution in [2.75, 3.05) is 11.9 Å². The van der Waals surface area contributed by atoms with Gasteiger partial charge in [0.05, 0.1) is 17.9 Å². The Bertz CT molecular complexity index is 617. The Morgan fingerprint density at radius 1 is 1.40 bits per heavy atom. The molecule has 104 valence electrons. The molecule has 1 heterocycles. The predicted octanol–water partition coefficient (Wildman–Crippen LogP) is 4.15. The van der Waals surface area contributed by atoms with E-state index < -0.39 is 0 Å². The van der Waals surface area contributed by atoms with E-state index >= 15 is 0 Å². The smallest absolute Gasteiger partial charge is 0.257 e. The summed E-state index contributed by atoms with van der Waals surface area (Å²) in [5, 5.41) is 3.29. The average molecular weight is 356 g/mol. The molecule has 6 heteroatoms. The number of ether oxygens (including phenoxy) is 1. The molecule has 0 aliphatic heterocycles. The molecule has 0 aliphatic carbocycles. The second kappa shape index (κ2) is 6.72. The van der Waals surface area contributed by atoms with Crippen LogP contribution in [0.5, 0.6) is 5.75 Å². The summed E-state index contributed by atoms with van der Waals surface area (Å²) in [7, 11) is 0. The fourth-order valence-corrected chi connectivity index (χ4v) is 1.99. The number of amides is 1. The number of halogens is 2. The minimum absolute atomic E-state index is 0.270. The van der Waals surface area contributed by atoms with E-state index in [9.17, 15) is 4.79 Å². The highest BCUT2D eigenvalue weighted by Crippen LogP contribution is 2.28. The number of nitrogens with one attached hydrogen (secondary N) is 1. The highest BCUT2D eigenvalue weighted by Gasteiger charge is 2.11. The van der Waals surface area contributed by atoms with Crippen LogP contribution in [0, 0.1) is 0 Å². The Morgan fingerprint density at radius 3 is 2.85 bits per heavy atom. The molecule has 1 amide bonds. The van der Waals surface area contributed by atoms with Gasteiger partial charge in [0, 0.05) is 11.2 Å². The average Bonchev–Trinajstić information content (AvgIpc) is 2.42. The summed E-state index contributed by atoms with van der Waals surface area (Å²) < 4.78 is 6.12. The first-order valence-corrected chi connectivity index (χ1v) is 7.12. The molecule has 0 saturated carbocycles. The van der Waals surface area contributed by atoms with Crippen LogP contribution < -0.4 is 10.1 Å². The van der Waals surface area contributed by atoms with Crippen LogP contribution in [0.15, 0.2) is 41.1 Å². The first-order valence-electron chi connectivity index (χ1n) is 5.95. The summed E-state index contributed by atoms with van der Waals surface area (Å²) in [5.74, 6) is 0.309. The second-order valence-corrected chi connectivity index (χ2v) is 5.15. The summed E-state index contributed by atoms with van der Waals surface area (Å²) in [5.41, 5.74) is 0.989. The van der Waals surface area contributed by atoms with Crippen LogP contribution in [-0.2, 0) is 0 Å². The largest absolute Gasteiger partial charge is 0.492 e. The number of anilines is 1. The van der Waals surface area contributed by atoms with Crippen LogP contribution in [0.3, 0.4) is 0 Å². The molecule has 0 aliphatic rings. The zero-order valence-corrected chi connectivity index (χ0v) is 13.0. The van der Waals surface area contributed by atoms with Gasteiger partial charge in [-0.15, -0.1) is 0 Å². The van der Waals surface area contributed by atoms with Gasteiger partial charge in [0.1, 0.15) is 10.4 Å². The normalized spacial score (nSPS) is 10.2. The molecule has 0 saturated heterocycles. The Labute approximate surface area is 130 Å². The lowest BCUT2D eigenvalue weighted by Gasteiger charge is -2.11. The van der Waals surface area contributed by atoms with Gasteiger partial charge in [0.15, 0.2) is 0 Å². The van der Waals surface area contributed by atoms with E-state index in [1.807, 2.05) is 6.92 Å². The van der Waals surface area contributed by atoms with Crippen molar-refractivity contribution in [1.82, 2.24) is 4.98 Å². The Balaban J connectivity index is 2.22. The fraction of sp³-hybridized carbons (Fsp3) is 0.143. The maximum atomic E-state index is 12.1. The molecule has 0 fully saturated rings. The van der Waals surface area contributed by atoms with Crippen molar-refractivity contribution in [3.8, 4) is 5.75 Å². The SMILES string of the molecule is CCOc1ccc(Cl)cc1NC(=O)c1ccc(Br)nc1. The maximum absolute atomic E-state index is 12.1. The van der Waals surface area contributed by atoms with Crippen molar-refractivity contribution in [1.29, 1.82) is 0 Å². The lowest BCUT2D eigenvalue weighted by Crippen LogP contribution is -2.13. The van der Waals surface area contributed by atoms with E-state index in [0.29, 0.717) is 33.2 Å². The van der Waals surface area contributed by atoms with Crippen LogP contribution in [0.25, 0.3) is 0 Å². The van der Waals surface area contributed by atoms with Crippen molar-refractivity contribution in [3.63, 3.8) is 0 Å². The molecule has 1 aromatic carbocycles. The fourth-order valence-electron chi connectivity index (χ4n) is 1.59. The minimum Gasteiger partial charge on any atom is -0.492 e. The molecule has 1 aromatic heterocycles. The Morgan fingerprint density at radius 2 is 2.20 bits per heavy atom. The third-order valence-corrected chi connectivity index (χ3v) is 3.18. The number of benzene rings is 1. The first kappa shape index (κ1) is 14.8. The van der Waals surface area contributed by atoms with Crippen molar-refractivity contribution < 1.29 is 9.53 Å². The number of rotatable bonds is 4. The van der Waals surface area contributed by atoms with Gasteiger partial charge < -0.3 is 10.1 Å². The van der Waals surface area contributed by atoms with Crippen LogP contribution >= 0.6 is 27.5 Å². The van der Waals surface area contributed by atoms with E-state index in [-0.39, 0.29) is 5.91 Å². The van der Waals surface area contributed by atoms with Gasteiger partial charge in [0.25, 0.3) is 5.91 Å². The predicted molar refractivity (Wildman–Crippen MR) is 82.5 cm³/mol. The highest BCUT2D eigenvalue weighted by molar-refractivity contribution is 9.10. The van der Waals surface area contributed by atoms with Gasteiger partial charge >= 0.3 is 0 Å². The van der Waals surface area contributed by atoms with Crippen LogP contribution in [0.1, 0.15) is 17.3 Å². The quantitative estimate of drug-likeness (QED) is 0.838. The van der Waals surface area contributed by atoms with E-state index in [4.69, 9.17) is 16.3 Å². The van der Waals surface area contributed by atoms with Gasteiger partial charge in [-0.1, -0.05) is 11.6 Å². The lowest BCUT2D eigenvalue weighted by molar-refractivity contribution is 0.102. The molecular weight excluding hydrogens is 344 g/mol. The molecule has 0 radical (unpaired) electrons. The van der Waals surface area contributed by atoms with E-state index in [0.717, 1.165) is 0 Å². The van der Waals surface area contributed by atoms with Crippen LogP contribution in [0.4, 0.5) is 5.69 Å². The summed E-state index contributed by atoms with van der Waals surface area (Å²) in [6.45, 7) is 2.38. The first-order chi connectivity index (χ1) is 9.60. The third kappa shape index (κ3) is 3.71. The molecule has 2 rings (SSSR count). The number of hydrogen-bond acceptors (Lipinski definition) is 3. The molecule has 2 aromatic rings. The zero-order chi connectivity index (χ0) is 14.5. The highest BCUT2D eigenvalue weighted by atomic mass is 79.9. The standard InChI is InChI=1S/C14H12BrClN2O2/c1-2-20-12-5-4-10(16)7-11(12)18-14(19)9-3-6-13(15)17-8-9/h3-8H,2H2,1H3,(H,18,19). The molecule has 0 atom stereocenters. The van der Waals surface area contributed by atoms with Crippen LogP contribution in [-0.4, -0.2) is 17.5 Å². The van der Waals surface area contributed by atoms with Crippen molar-refractivity contribution >= 4 is 39.1 Å². The molecule has 20 heavy (non-hydrogen) atoms. The van der Waals surface area contributed by atoms with Crippen molar-refractivity contribution in [2.45, 2.75) is 6.92 Å². The van der Waals surface area contributed by atoms with Crippen molar-refractivity contribution in [3.05, 3.63) is 51.7 Å². The maximum Gasteiger partial charge on any atom is 0.257 e. The molecule has 0 unspecified atom stereocenters. The number of nitrogens with zero attached hydrogens (tertiary/aromatic N) is 1. The van der Waals surface area contributed by atoms with E-state index in [2.05, 4.69) is 26.2 Å². The number of aromatic nitrogens is 1. The topological polar surface area (TPSA) is 51.2 Å². The minimum atomic E-state index is -0.270. The van der Waals surface area contributed by atoms with Gasteiger partial charge in [-0.2, -0.15) is 0 Å². The van der Waals surface area contributed by atoms with Crippen molar-refractivity contribution in [2.24, 2.45) is 0 Å². The molecule has 1 N–H and O–H groups in total. The third-order valence-electron chi connectivity index (χ3n) is 2.48. The van der Waals surface area contributed by atoms with E-state index in [1.165, 1.54) is 6.20 Å².